The lowest BCUT2D eigenvalue weighted by atomic mass is 9.71. The second kappa shape index (κ2) is 12.7. The van der Waals surface area contributed by atoms with E-state index in [2.05, 4.69) is 15.9 Å². The van der Waals surface area contributed by atoms with Crippen molar-refractivity contribution >= 4 is 39.2 Å². The van der Waals surface area contributed by atoms with Crippen LogP contribution in [0.1, 0.15) is 68.9 Å². The summed E-state index contributed by atoms with van der Waals surface area (Å²) in [5.41, 5.74) is 0.619. The van der Waals surface area contributed by atoms with Gasteiger partial charge in [0.05, 0.1) is 28.0 Å². The van der Waals surface area contributed by atoms with Crippen LogP contribution in [-0.4, -0.2) is 45.6 Å². The molecule has 0 fully saturated rings. The largest absolute Gasteiger partial charge is 0.490 e. The minimum atomic E-state index is -4.81. The number of rotatable bonds is 9. The summed E-state index contributed by atoms with van der Waals surface area (Å²) in [6.45, 7) is 1.92. The number of allylic oxidation sites excluding steroid dienone is 4. The number of ether oxygens (including phenoxy) is 2. The van der Waals surface area contributed by atoms with Crippen molar-refractivity contribution in [1.82, 2.24) is 4.90 Å². The Morgan fingerprint density at radius 1 is 1.04 bits per heavy atom. The number of aliphatic carboxylic acids is 1. The fraction of sp³-hybridized carbons (Fsp3) is 0.387. The van der Waals surface area contributed by atoms with Gasteiger partial charge in [0.25, 0.3) is 0 Å². The van der Waals surface area contributed by atoms with Gasteiger partial charge in [-0.25, -0.2) is 0 Å². The van der Waals surface area contributed by atoms with Gasteiger partial charge < -0.3 is 19.5 Å². The van der Waals surface area contributed by atoms with E-state index >= 15 is 0 Å². The van der Waals surface area contributed by atoms with Gasteiger partial charge in [-0.1, -0.05) is 0 Å². The molecule has 2 aromatic rings. The fourth-order valence-corrected chi connectivity index (χ4v) is 6.72. The first-order chi connectivity index (χ1) is 21.3. The molecule has 0 radical (unpaired) electrons. The summed E-state index contributed by atoms with van der Waals surface area (Å²) in [7, 11) is 0. The highest BCUT2D eigenvalue weighted by Crippen LogP contribution is 2.52. The standard InChI is InChI=1S/C31H28BrF3N2O8/c1-2-44-25-14-16(13-18(32)30(25)45-24-10-9-17(31(33,34)35)15-21(24)37(42)43)27-28-19(5-3-7-22(28)38)36(12-11-26(40)41)20-6-4-8-23(39)29(20)27/h9-10,13-15,27H,2-8,11-12H2,1H3,(H,40,41). The summed E-state index contributed by atoms with van der Waals surface area (Å²) in [6.07, 6.45) is -2.24. The normalized spacial score (nSPS) is 17.3. The van der Waals surface area contributed by atoms with Crippen LogP contribution in [0.2, 0.25) is 0 Å². The van der Waals surface area contributed by atoms with Crippen LogP contribution in [0.25, 0.3) is 0 Å². The molecule has 1 N–H and O–H groups in total. The summed E-state index contributed by atoms with van der Waals surface area (Å²) >= 11 is 3.43. The van der Waals surface area contributed by atoms with Crippen LogP contribution < -0.4 is 9.47 Å². The highest BCUT2D eigenvalue weighted by molar-refractivity contribution is 9.10. The molecule has 0 unspecified atom stereocenters. The van der Waals surface area contributed by atoms with Crippen molar-refractivity contribution in [2.45, 2.75) is 64.0 Å². The molecule has 3 aliphatic rings. The number of nitrogens with zero attached hydrogens (tertiary/aromatic N) is 2. The molecule has 1 heterocycles. The van der Waals surface area contributed by atoms with E-state index in [0.717, 1.165) is 6.07 Å². The number of halogens is 4. The third-order valence-electron chi connectivity index (χ3n) is 8.00. The van der Waals surface area contributed by atoms with Crippen LogP contribution in [0.5, 0.6) is 17.2 Å². The first-order valence-electron chi connectivity index (χ1n) is 14.3. The maximum absolute atomic E-state index is 13.5. The Kier molecular flexibility index (Phi) is 9.06. The quantitative estimate of drug-likeness (QED) is 0.210. The Morgan fingerprint density at radius 2 is 1.67 bits per heavy atom. The third-order valence-corrected chi connectivity index (χ3v) is 8.58. The van der Waals surface area contributed by atoms with Crippen molar-refractivity contribution in [1.29, 1.82) is 0 Å². The molecule has 45 heavy (non-hydrogen) atoms. The van der Waals surface area contributed by atoms with Gasteiger partial charge in [-0.3, -0.25) is 24.5 Å². The van der Waals surface area contributed by atoms with E-state index in [-0.39, 0.29) is 60.0 Å². The second-order valence-corrected chi connectivity index (χ2v) is 11.7. The Labute approximate surface area is 263 Å². The summed E-state index contributed by atoms with van der Waals surface area (Å²) in [6, 6.07) is 5.09. The molecular formula is C31H28BrF3N2O8. The molecule has 0 spiro atoms. The van der Waals surface area contributed by atoms with Crippen LogP contribution in [0.3, 0.4) is 0 Å². The lowest BCUT2D eigenvalue weighted by molar-refractivity contribution is -0.385. The van der Waals surface area contributed by atoms with Crippen LogP contribution in [0.15, 0.2) is 57.3 Å². The Morgan fingerprint density at radius 3 is 2.20 bits per heavy atom. The number of hydrogen-bond donors (Lipinski definition) is 1. The number of ketones is 2. The zero-order valence-corrected chi connectivity index (χ0v) is 25.6. The summed E-state index contributed by atoms with van der Waals surface area (Å²) < 4.78 is 51.6. The number of nitro benzene ring substituents is 1. The highest BCUT2D eigenvalue weighted by atomic mass is 79.9. The summed E-state index contributed by atoms with van der Waals surface area (Å²) in [5.74, 6) is -2.49. The van der Waals surface area contributed by atoms with E-state index in [9.17, 15) is 42.8 Å². The second-order valence-electron chi connectivity index (χ2n) is 10.8. The number of Topliss-reactive ketones (excluding diaryl/α,β-unsaturated/α-hetero) is 2. The van der Waals surface area contributed by atoms with Crippen molar-refractivity contribution in [3.05, 3.63) is 78.6 Å². The molecule has 0 saturated heterocycles. The zero-order chi connectivity index (χ0) is 32.6. The predicted octanol–water partition coefficient (Wildman–Crippen LogP) is 7.46. The molecule has 0 atom stereocenters. The molecule has 1 aliphatic heterocycles. The van der Waals surface area contributed by atoms with Crippen molar-refractivity contribution in [2.24, 2.45) is 0 Å². The topological polar surface area (TPSA) is 136 Å². The van der Waals surface area contributed by atoms with Gasteiger partial charge in [0, 0.05) is 53.9 Å². The molecule has 2 aromatic carbocycles. The van der Waals surface area contributed by atoms with E-state index in [1.165, 1.54) is 0 Å². The van der Waals surface area contributed by atoms with Crippen molar-refractivity contribution in [3.8, 4) is 17.2 Å². The van der Waals surface area contributed by atoms with Crippen molar-refractivity contribution < 1.29 is 47.1 Å². The minimum absolute atomic E-state index is 0.0456. The smallest absolute Gasteiger partial charge is 0.416 e. The zero-order valence-electron chi connectivity index (χ0n) is 24.0. The van der Waals surface area contributed by atoms with Gasteiger partial charge in [-0.2, -0.15) is 13.2 Å². The van der Waals surface area contributed by atoms with E-state index in [1.54, 1.807) is 19.1 Å². The van der Waals surface area contributed by atoms with Gasteiger partial charge in [0.15, 0.2) is 23.1 Å². The van der Waals surface area contributed by atoms with E-state index < -0.39 is 40.0 Å². The lowest BCUT2D eigenvalue weighted by Crippen LogP contribution is -2.39. The van der Waals surface area contributed by atoms with Crippen LogP contribution >= 0.6 is 15.9 Å². The number of hydrogen-bond acceptors (Lipinski definition) is 8. The first-order valence-corrected chi connectivity index (χ1v) is 15.1. The minimum Gasteiger partial charge on any atom is -0.490 e. The predicted molar refractivity (Wildman–Crippen MR) is 157 cm³/mol. The summed E-state index contributed by atoms with van der Waals surface area (Å²) in [4.78, 5) is 51.1. The molecule has 0 saturated carbocycles. The number of carboxylic acids is 1. The number of benzene rings is 2. The van der Waals surface area contributed by atoms with E-state index in [1.807, 2.05) is 4.90 Å². The Balaban J connectivity index is 1.65. The van der Waals surface area contributed by atoms with Gasteiger partial charge in [0.2, 0.25) is 5.75 Å². The van der Waals surface area contributed by atoms with E-state index in [0.29, 0.717) is 65.9 Å². The molecule has 5 rings (SSSR count). The van der Waals surface area contributed by atoms with Crippen molar-refractivity contribution in [3.63, 3.8) is 0 Å². The highest BCUT2D eigenvalue weighted by Gasteiger charge is 2.44. The number of carboxylic acid groups (broad SMARTS) is 1. The number of alkyl halides is 3. The van der Waals surface area contributed by atoms with Crippen LogP contribution in [0.4, 0.5) is 18.9 Å². The molecular weight excluding hydrogens is 665 g/mol. The van der Waals surface area contributed by atoms with Gasteiger partial charge in [0.1, 0.15) is 0 Å². The third kappa shape index (κ3) is 6.33. The van der Waals surface area contributed by atoms with E-state index in [4.69, 9.17) is 9.47 Å². The van der Waals surface area contributed by atoms with Crippen molar-refractivity contribution in [2.75, 3.05) is 13.2 Å². The molecule has 0 amide bonds. The number of carbonyl (C=O) groups is 3. The average molecular weight is 693 g/mol. The molecule has 10 nitrogen and oxygen atoms in total. The first kappa shape index (κ1) is 32.2. The van der Waals surface area contributed by atoms with Crippen LogP contribution in [-0.2, 0) is 20.6 Å². The van der Waals surface area contributed by atoms with Gasteiger partial charge >= 0.3 is 17.8 Å². The van der Waals surface area contributed by atoms with Gasteiger partial charge in [-0.15, -0.1) is 0 Å². The maximum atomic E-state index is 13.5. The number of carbonyl (C=O) groups excluding carboxylic acids is 2. The lowest BCUT2D eigenvalue weighted by Gasteiger charge is -2.44. The Bertz CT molecular complexity index is 1620. The molecule has 14 heteroatoms. The average Bonchev–Trinajstić information content (AvgIpc) is 2.97. The van der Waals surface area contributed by atoms with Crippen LogP contribution in [0, 0.1) is 10.1 Å². The fourth-order valence-electron chi connectivity index (χ4n) is 6.18. The van der Waals surface area contributed by atoms with Gasteiger partial charge in [-0.05, 0) is 78.4 Å². The maximum Gasteiger partial charge on any atom is 0.416 e. The molecule has 2 aliphatic carbocycles. The Hall–Kier alpha value is -4.20. The number of nitro groups is 1. The SMILES string of the molecule is CCOc1cc(C2C3=C(CCCC3=O)N(CCC(=O)O)C3=C2C(=O)CCC3)cc(Br)c1Oc1ccc(C(F)(F)F)cc1[N+](=O)[O-]. The molecule has 238 valence electrons. The monoisotopic (exact) mass is 692 g/mol. The summed E-state index contributed by atoms with van der Waals surface area (Å²) in [5, 5.41) is 21.1. The molecule has 0 bridgehead atoms. The molecule has 0 aromatic heterocycles.